The highest BCUT2D eigenvalue weighted by Crippen LogP contribution is 2.48. The lowest BCUT2D eigenvalue weighted by Gasteiger charge is -2.21. The highest BCUT2D eigenvalue weighted by atomic mass is 19.4. The fraction of sp³-hybridized carbons (Fsp3) is 0.00952. The first-order chi connectivity index (χ1) is 60.9. The molecule has 0 fully saturated rings. The van der Waals surface area contributed by atoms with Crippen molar-refractivity contribution in [1.82, 2.24) is 68.9 Å². The maximum absolute atomic E-state index is 16.0. The van der Waals surface area contributed by atoms with Gasteiger partial charge < -0.3 is 9.13 Å². The Labute approximate surface area is 707 Å². The largest absolute Gasteiger partial charge is 0.417 e. The van der Waals surface area contributed by atoms with Gasteiger partial charge in [0.15, 0.2) is 69.9 Å². The summed E-state index contributed by atoms with van der Waals surface area (Å²) in [6.45, 7) is 0. The first kappa shape index (κ1) is 74.3. The van der Waals surface area contributed by atoms with Gasteiger partial charge in [0.05, 0.1) is 62.3 Å². The average molecular weight is 1600 g/mol. The van der Waals surface area contributed by atoms with E-state index in [2.05, 4.69) is 39.5 Å². The van der Waals surface area contributed by atoms with Crippen molar-refractivity contribution in [1.29, 1.82) is 10.5 Å². The van der Waals surface area contributed by atoms with Gasteiger partial charge in [-0.2, -0.15) is 23.7 Å². The summed E-state index contributed by atoms with van der Waals surface area (Å²) in [5, 5.41) is 24.5. The average Bonchev–Trinajstić information content (AvgIpc) is 1.65. The Hall–Kier alpha value is -17.3. The molecule has 0 radical (unpaired) electrons. The van der Waals surface area contributed by atoms with E-state index in [1.165, 1.54) is 12.1 Å². The van der Waals surface area contributed by atoms with Crippen LogP contribution in [0.15, 0.2) is 370 Å². The summed E-state index contributed by atoms with van der Waals surface area (Å²) >= 11 is 0. The molecule has 0 aliphatic heterocycles. The van der Waals surface area contributed by atoms with Crippen LogP contribution in [0.2, 0.25) is 0 Å². The predicted octanol–water partition coefficient (Wildman–Crippen LogP) is 24.7. The summed E-state index contributed by atoms with van der Waals surface area (Å²) in [5.41, 5.74) is 12.7. The van der Waals surface area contributed by atoms with Crippen molar-refractivity contribution >= 4 is 43.6 Å². The second kappa shape index (κ2) is 31.2. The summed E-state index contributed by atoms with van der Waals surface area (Å²) in [6.07, 6.45) is -4.92. The highest BCUT2D eigenvalue weighted by molar-refractivity contribution is 6.14. The minimum absolute atomic E-state index is 0.166. The van der Waals surface area contributed by atoms with Crippen LogP contribution >= 0.6 is 0 Å². The maximum Gasteiger partial charge on any atom is 0.417 e. The van der Waals surface area contributed by atoms with Crippen LogP contribution in [0.1, 0.15) is 16.7 Å². The molecule has 21 aromatic rings. The fourth-order valence-corrected chi connectivity index (χ4v) is 16.1. The molecule has 6 heterocycles. The zero-order valence-corrected chi connectivity index (χ0v) is 65.5. The van der Waals surface area contributed by atoms with Crippen LogP contribution in [-0.2, 0) is 6.18 Å². The number of nitriles is 2. The third-order valence-corrected chi connectivity index (χ3v) is 22.0. The van der Waals surface area contributed by atoms with Crippen LogP contribution in [0.25, 0.3) is 214 Å². The van der Waals surface area contributed by atoms with Crippen molar-refractivity contribution in [3.05, 3.63) is 387 Å². The molecule has 0 unspecified atom stereocenters. The Bertz CT molecular complexity index is 7240. The molecule has 6 aromatic heterocycles. The topological polar surface area (TPSA) is 212 Å². The number of fused-ring (bicyclic) bond motifs is 6. The van der Waals surface area contributed by atoms with E-state index in [-0.39, 0.29) is 22.3 Å². The number of rotatable bonds is 16. The van der Waals surface area contributed by atoms with Gasteiger partial charge in [-0.25, -0.2) is 59.8 Å². The van der Waals surface area contributed by atoms with Crippen molar-refractivity contribution in [2.45, 2.75) is 6.18 Å². The van der Waals surface area contributed by atoms with E-state index in [4.69, 9.17) is 59.8 Å². The fourth-order valence-electron chi connectivity index (χ4n) is 16.1. The SMILES string of the molecule is N#Cc1ccc(-n2c3ccc(-c4nc(-c5ccccc5)nc(-c5ccccc5)n4)cc3c3cc(-c4nc(-c5ccccc5)nc(-c5ccccc5)n4)ccc32)c(-c2cc(-c3ccc(C#N)cc3C(F)(F)F)ccc2-n2c3ccc(-c4nc(-c5ccccc5)nc(-c5ccccc5)n4)cc3c3cc(-c4nc(-c5ccccc5)nc(-c5ccccc5)n4)ccc32)c1. The molecule has 0 atom stereocenters. The molecule has 0 aliphatic rings. The van der Waals surface area contributed by atoms with Crippen LogP contribution < -0.4 is 0 Å². The Morgan fingerprint density at radius 2 is 0.419 bits per heavy atom. The van der Waals surface area contributed by atoms with Gasteiger partial charge in [-0.15, -0.1) is 0 Å². The molecular formula is C105H61F3N16. The molecule has 0 spiro atoms. The number of benzene rings is 15. The van der Waals surface area contributed by atoms with Crippen LogP contribution in [0.3, 0.4) is 0 Å². The number of nitrogens with zero attached hydrogens (tertiary/aromatic N) is 16. The second-order valence-electron chi connectivity index (χ2n) is 29.7. The van der Waals surface area contributed by atoms with Gasteiger partial charge in [0, 0.05) is 99.4 Å². The lowest BCUT2D eigenvalue weighted by atomic mass is 9.92. The minimum Gasteiger partial charge on any atom is -0.309 e. The number of hydrogen-bond acceptors (Lipinski definition) is 14. The van der Waals surface area contributed by atoms with E-state index < -0.39 is 11.7 Å². The van der Waals surface area contributed by atoms with Crippen LogP contribution in [0.5, 0.6) is 0 Å². The van der Waals surface area contributed by atoms with Gasteiger partial charge in [-0.3, -0.25) is 0 Å². The summed E-state index contributed by atoms with van der Waals surface area (Å²) in [4.78, 5) is 61.9. The van der Waals surface area contributed by atoms with Gasteiger partial charge in [0.25, 0.3) is 0 Å². The van der Waals surface area contributed by atoms with E-state index in [0.717, 1.165) is 72.1 Å². The zero-order chi connectivity index (χ0) is 83.4. The number of hydrogen-bond donors (Lipinski definition) is 0. The summed E-state index contributed by atoms with van der Waals surface area (Å²) < 4.78 is 52.2. The first-order valence-electron chi connectivity index (χ1n) is 39.9. The van der Waals surface area contributed by atoms with E-state index >= 15 is 13.2 Å². The molecule has 0 saturated heterocycles. The second-order valence-corrected chi connectivity index (χ2v) is 29.7. The third-order valence-electron chi connectivity index (χ3n) is 22.0. The van der Waals surface area contributed by atoms with Gasteiger partial charge in [0.2, 0.25) is 0 Å². The molecule has 0 aliphatic carbocycles. The van der Waals surface area contributed by atoms with E-state index in [0.29, 0.717) is 137 Å². The van der Waals surface area contributed by atoms with E-state index in [1.807, 2.05) is 309 Å². The molecular weight excluding hydrogens is 1540 g/mol. The summed E-state index contributed by atoms with van der Waals surface area (Å²) in [6, 6.07) is 121. The van der Waals surface area contributed by atoms with E-state index in [1.54, 1.807) is 24.3 Å². The Kier molecular flexibility index (Phi) is 18.7. The zero-order valence-electron chi connectivity index (χ0n) is 65.5. The normalized spacial score (nSPS) is 11.5. The van der Waals surface area contributed by atoms with Gasteiger partial charge in [0.1, 0.15) is 0 Å². The predicted molar refractivity (Wildman–Crippen MR) is 479 cm³/mol. The molecule has 0 amide bonds. The van der Waals surface area contributed by atoms with Crippen molar-refractivity contribution in [3.8, 4) is 182 Å². The van der Waals surface area contributed by atoms with Crippen molar-refractivity contribution in [3.63, 3.8) is 0 Å². The van der Waals surface area contributed by atoms with Gasteiger partial charge >= 0.3 is 6.18 Å². The van der Waals surface area contributed by atoms with Crippen molar-refractivity contribution in [2.75, 3.05) is 0 Å². The number of aromatic nitrogens is 14. The Balaban J connectivity index is 0.838. The molecule has 16 nitrogen and oxygen atoms in total. The lowest BCUT2D eigenvalue weighted by molar-refractivity contribution is -0.137. The smallest absolute Gasteiger partial charge is 0.309 e. The minimum atomic E-state index is -4.92. The first-order valence-corrected chi connectivity index (χ1v) is 39.9. The Morgan fingerprint density at radius 1 is 0.202 bits per heavy atom. The molecule has 0 bridgehead atoms. The molecule has 0 saturated carbocycles. The van der Waals surface area contributed by atoms with Crippen molar-refractivity contribution in [2.24, 2.45) is 0 Å². The number of halogens is 3. The molecule has 582 valence electrons. The monoisotopic (exact) mass is 1600 g/mol. The molecule has 0 N–H and O–H groups in total. The lowest BCUT2D eigenvalue weighted by Crippen LogP contribution is -2.08. The van der Waals surface area contributed by atoms with Crippen LogP contribution in [-0.4, -0.2) is 68.9 Å². The summed E-state index contributed by atoms with van der Waals surface area (Å²) in [7, 11) is 0. The highest BCUT2D eigenvalue weighted by Gasteiger charge is 2.35. The van der Waals surface area contributed by atoms with Gasteiger partial charge in [-0.05, 0) is 126 Å². The summed E-state index contributed by atoms with van der Waals surface area (Å²) in [5.74, 6) is 5.31. The third kappa shape index (κ3) is 14.0. The van der Waals surface area contributed by atoms with Crippen LogP contribution in [0.4, 0.5) is 13.2 Å². The molecule has 124 heavy (non-hydrogen) atoms. The Morgan fingerprint density at radius 3 is 0.669 bits per heavy atom. The number of alkyl halides is 3. The molecule has 15 aromatic carbocycles. The quantitative estimate of drug-likeness (QED) is 0.0881. The van der Waals surface area contributed by atoms with Crippen molar-refractivity contribution < 1.29 is 13.2 Å². The van der Waals surface area contributed by atoms with E-state index in [9.17, 15) is 10.5 Å². The maximum atomic E-state index is 16.0. The van der Waals surface area contributed by atoms with Gasteiger partial charge in [-0.1, -0.05) is 255 Å². The standard InChI is InChI=1S/C105H61F3N16/c106-105(107,108)86-56-65(63-110)41-48-79(86)74-43-50-88(124-91-53-46-77(103-119-97(70-33-17-5-18-34-70)113-98(120-103)71-35-19-6-20-36-71)60-84(91)85-61-78(47-54-92(85)124)104-121-99(72-37-21-7-22-38-72)114-100(122-104)73-39-23-8-24-40-73)81(57-74)80-55-64(62-109)42-49-87(80)123-89-51-44-75(101-115-93(66-25-9-1-10-26-66)111-94(116-101)67-27-11-2-12-28-67)58-82(89)83-59-76(45-52-90(83)123)102-117-95(68-29-13-3-14-30-68)112-96(118-102)69-31-15-4-16-32-69/h1-61H. The van der Waals surface area contributed by atoms with Crippen LogP contribution in [0, 0.1) is 22.7 Å². The molecule has 19 heteroatoms. The molecule has 21 rings (SSSR count).